The molecule has 0 spiro atoms. The van der Waals surface area contributed by atoms with E-state index in [1.807, 2.05) is 25.1 Å². The zero-order valence-corrected chi connectivity index (χ0v) is 6.59. The van der Waals surface area contributed by atoms with Crippen molar-refractivity contribution in [2.45, 2.75) is 6.92 Å². The monoisotopic (exact) mass is 145 g/mol. The molecule has 0 bridgehead atoms. The molecule has 0 aromatic heterocycles. The van der Waals surface area contributed by atoms with E-state index < -0.39 is 0 Å². The SMILES string of the molecule is C=Cc1cc(C)ccc1C=N. The van der Waals surface area contributed by atoms with Crippen molar-refractivity contribution in [3.05, 3.63) is 41.5 Å². The van der Waals surface area contributed by atoms with E-state index in [1.54, 1.807) is 6.08 Å². The largest absolute Gasteiger partial charge is 0.308 e. The Kier molecular flexibility index (Phi) is 2.21. The molecule has 11 heavy (non-hydrogen) atoms. The van der Waals surface area contributed by atoms with E-state index >= 15 is 0 Å². The number of hydrogen-bond acceptors (Lipinski definition) is 1. The first kappa shape index (κ1) is 7.73. The smallest absolute Gasteiger partial charge is 0.0256 e. The lowest BCUT2D eigenvalue weighted by Gasteiger charge is -1.99. The first-order valence-corrected chi connectivity index (χ1v) is 3.51. The number of aryl methyl sites for hydroxylation is 1. The molecule has 1 N–H and O–H groups in total. The highest BCUT2D eigenvalue weighted by Gasteiger charge is 1.94. The van der Waals surface area contributed by atoms with Gasteiger partial charge in [-0.15, -0.1) is 0 Å². The van der Waals surface area contributed by atoms with Crippen molar-refractivity contribution in [1.82, 2.24) is 0 Å². The minimum absolute atomic E-state index is 0.922. The van der Waals surface area contributed by atoms with E-state index in [2.05, 4.69) is 6.58 Å². The third kappa shape index (κ3) is 1.55. The molecule has 0 unspecified atom stereocenters. The maximum Gasteiger partial charge on any atom is 0.0256 e. The maximum atomic E-state index is 7.09. The fourth-order valence-corrected chi connectivity index (χ4v) is 1.00. The van der Waals surface area contributed by atoms with E-state index in [1.165, 1.54) is 11.8 Å². The zero-order chi connectivity index (χ0) is 8.27. The van der Waals surface area contributed by atoms with Crippen molar-refractivity contribution >= 4 is 12.3 Å². The summed E-state index contributed by atoms with van der Waals surface area (Å²) in [6.45, 7) is 5.71. The fraction of sp³-hybridized carbons (Fsp3) is 0.100. The summed E-state index contributed by atoms with van der Waals surface area (Å²) in [5, 5.41) is 7.09. The summed E-state index contributed by atoms with van der Waals surface area (Å²) >= 11 is 0. The fourth-order valence-electron chi connectivity index (χ4n) is 1.00. The van der Waals surface area contributed by atoms with Crippen LogP contribution in [0.1, 0.15) is 16.7 Å². The van der Waals surface area contributed by atoms with Crippen molar-refractivity contribution in [1.29, 1.82) is 5.41 Å². The average molecular weight is 145 g/mol. The summed E-state index contributed by atoms with van der Waals surface area (Å²) in [7, 11) is 0. The Morgan fingerprint density at radius 2 is 2.09 bits per heavy atom. The molecule has 0 atom stereocenters. The van der Waals surface area contributed by atoms with Crippen LogP contribution >= 0.6 is 0 Å². The summed E-state index contributed by atoms with van der Waals surface area (Å²) in [6.07, 6.45) is 3.11. The molecular weight excluding hydrogens is 134 g/mol. The molecule has 1 nitrogen and oxygen atoms in total. The van der Waals surface area contributed by atoms with Crippen molar-refractivity contribution in [3.63, 3.8) is 0 Å². The van der Waals surface area contributed by atoms with Crippen LogP contribution in [0.5, 0.6) is 0 Å². The van der Waals surface area contributed by atoms with Crippen molar-refractivity contribution in [2.75, 3.05) is 0 Å². The third-order valence-electron chi connectivity index (χ3n) is 1.62. The Morgan fingerprint density at radius 1 is 1.36 bits per heavy atom. The number of hydrogen-bond donors (Lipinski definition) is 1. The highest BCUT2D eigenvalue weighted by atomic mass is 14.3. The molecule has 1 aromatic carbocycles. The predicted molar refractivity (Wildman–Crippen MR) is 49.2 cm³/mol. The Balaban J connectivity index is 3.26. The van der Waals surface area contributed by atoms with Crippen LogP contribution in [0.3, 0.4) is 0 Å². The van der Waals surface area contributed by atoms with Crippen LogP contribution in [0.15, 0.2) is 24.8 Å². The Bertz CT molecular complexity index is 287. The molecule has 1 heteroatoms. The molecule has 0 aliphatic heterocycles. The first-order chi connectivity index (χ1) is 5.27. The van der Waals surface area contributed by atoms with Crippen molar-refractivity contribution in [2.24, 2.45) is 0 Å². The van der Waals surface area contributed by atoms with Crippen LogP contribution in [-0.4, -0.2) is 6.21 Å². The van der Waals surface area contributed by atoms with Gasteiger partial charge in [0.05, 0.1) is 0 Å². The van der Waals surface area contributed by atoms with Gasteiger partial charge in [-0.1, -0.05) is 36.4 Å². The second kappa shape index (κ2) is 3.15. The van der Waals surface area contributed by atoms with E-state index in [-0.39, 0.29) is 0 Å². The van der Waals surface area contributed by atoms with Crippen molar-refractivity contribution < 1.29 is 0 Å². The van der Waals surface area contributed by atoms with Crippen molar-refractivity contribution in [3.8, 4) is 0 Å². The second-order valence-electron chi connectivity index (χ2n) is 2.48. The van der Waals surface area contributed by atoms with Crippen LogP contribution in [0.4, 0.5) is 0 Å². The van der Waals surface area contributed by atoms with Gasteiger partial charge in [-0.3, -0.25) is 0 Å². The van der Waals surface area contributed by atoms with E-state index in [0.29, 0.717) is 0 Å². The normalized spacial score (nSPS) is 9.18. The molecule has 0 aliphatic rings. The molecule has 0 fully saturated rings. The summed E-state index contributed by atoms with van der Waals surface area (Å²) < 4.78 is 0. The Hall–Kier alpha value is -1.37. The van der Waals surface area contributed by atoms with Gasteiger partial charge in [0, 0.05) is 6.21 Å². The predicted octanol–water partition coefficient (Wildman–Crippen LogP) is 2.64. The molecule has 56 valence electrons. The van der Waals surface area contributed by atoms with Gasteiger partial charge in [0.15, 0.2) is 0 Å². The highest BCUT2D eigenvalue weighted by Crippen LogP contribution is 2.10. The van der Waals surface area contributed by atoms with Crippen LogP contribution < -0.4 is 0 Å². The van der Waals surface area contributed by atoms with Crippen LogP contribution in [0.25, 0.3) is 6.08 Å². The average Bonchev–Trinajstić information content (AvgIpc) is 2.04. The lowest BCUT2D eigenvalue weighted by atomic mass is 10.1. The van der Waals surface area contributed by atoms with E-state index in [9.17, 15) is 0 Å². The molecule has 0 heterocycles. The quantitative estimate of drug-likeness (QED) is 0.618. The minimum atomic E-state index is 0.922. The summed E-state index contributed by atoms with van der Waals surface area (Å²) in [4.78, 5) is 0. The van der Waals surface area contributed by atoms with Gasteiger partial charge in [0.1, 0.15) is 0 Å². The van der Waals surface area contributed by atoms with Crippen LogP contribution in [-0.2, 0) is 0 Å². The van der Waals surface area contributed by atoms with Gasteiger partial charge in [-0.2, -0.15) is 0 Å². The first-order valence-electron chi connectivity index (χ1n) is 3.51. The van der Waals surface area contributed by atoms with Gasteiger partial charge in [-0.25, -0.2) is 0 Å². The second-order valence-corrected chi connectivity index (χ2v) is 2.48. The lowest BCUT2D eigenvalue weighted by Crippen LogP contribution is -1.85. The standard InChI is InChI=1S/C10H11N/c1-3-9-6-8(2)4-5-10(9)7-11/h3-7,11H,1H2,2H3. The Labute approximate surface area is 66.9 Å². The van der Waals surface area contributed by atoms with Gasteiger partial charge < -0.3 is 5.41 Å². The summed E-state index contributed by atoms with van der Waals surface area (Å²) in [5.41, 5.74) is 3.15. The molecule has 0 saturated heterocycles. The summed E-state index contributed by atoms with van der Waals surface area (Å²) in [6, 6.07) is 5.94. The minimum Gasteiger partial charge on any atom is -0.308 e. The molecule has 0 amide bonds. The van der Waals surface area contributed by atoms with Gasteiger partial charge in [-0.05, 0) is 18.1 Å². The number of nitrogens with one attached hydrogen (secondary N) is 1. The molecule has 0 saturated carbocycles. The van der Waals surface area contributed by atoms with E-state index in [0.717, 1.165) is 11.1 Å². The lowest BCUT2D eigenvalue weighted by molar-refractivity contribution is 1.44. The van der Waals surface area contributed by atoms with Gasteiger partial charge in [0.2, 0.25) is 0 Å². The summed E-state index contributed by atoms with van der Waals surface area (Å²) in [5.74, 6) is 0. The molecular formula is C10H11N. The molecule has 1 aromatic rings. The van der Waals surface area contributed by atoms with Crippen LogP contribution in [0.2, 0.25) is 0 Å². The molecule has 0 radical (unpaired) electrons. The number of rotatable bonds is 2. The Morgan fingerprint density at radius 3 is 2.64 bits per heavy atom. The van der Waals surface area contributed by atoms with Gasteiger partial charge in [0.25, 0.3) is 0 Å². The van der Waals surface area contributed by atoms with E-state index in [4.69, 9.17) is 5.41 Å². The molecule has 0 aliphatic carbocycles. The number of benzene rings is 1. The van der Waals surface area contributed by atoms with Gasteiger partial charge >= 0.3 is 0 Å². The third-order valence-corrected chi connectivity index (χ3v) is 1.62. The zero-order valence-electron chi connectivity index (χ0n) is 6.59. The van der Waals surface area contributed by atoms with Crippen LogP contribution in [0, 0.1) is 12.3 Å². The molecule has 1 rings (SSSR count). The maximum absolute atomic E-state index is 7.09. The topological polar surface area (TPSA) is 23.9 Å². The highest BCUT2D eigenvalue weighted by molar-refractivity contribution is 5.83.